The number of alkyl carbamates (subject to hydrolysis) is 1. The summed E-state index contributed by atoms with van der Waals surface area (Å²) in [5.41, 5.74) is 0.856. The SMILES string of the molecule is COC(=O)[C@H](CCCNC(=O)OCc1ccccc1)NC(=O)[C@@H]1CCCN1C(=O)[C@@H]1CCCN1C(=O)O. The van der Waals surface area contributed by atoms with E-state index in [1.165, 1.54) is 12.0 Å². The summed E-state index contributed by atoms with van der Waals surface area (Å²) in [5.74, 6) is -1.51. The Morgan fingerprint density at radius 2 is 1.70 bits per heavy atom. The van der Waals surface area contributed by atoms with Crippen molar-refractivity contribution in [1.29, 1.82) is 0 Å². The Balaban J connectivity index is 1.48. The number of nitrogens with zero attached hydrogens (tertiary/aromatic N) is 2. The van der Waals surface area contributed by atoms with Crippen LogP contribution >= 0.6 is 0 Å². The lowest BCUT2D eigenvalue weighted by atomic mass is 10.1. The summed E-state index contributed by atoms with van der Waals surface area (Å²) >= 11 is 0. The van der Waals surface area contributed by atoms with Crippen molar-refractivity contribution >= 4 is 30.0 Å². The van der Waals surface area contributed by atoms with Gasteiger partial charge < -0.3 is 30.1 Å². The Hall–Kier alpha value is -3.83. The van der Waals surface area contributed by atoms with Crippen molar-refractivity contribution in [2.24, 2.45) is 0 Å². The maximum absolute atomic E-state index is 13.1. The second kappa shape index (κ2) is 13.5. The van der Waals surface area contributed by atoms with Crippen molar-refractivity contribution in [2.75, 3.05) is 26.7 Å². The number of nitrogens with one attached hydrogen (secondary N) is 2. The van der Waals surface area contributed by atoms with Crippen LogP contribution in [0, 0.1) is 0 Å². The van der Waals surface area contributed by atoms with Gasteiger partial charge in [0.1, 0.15) is 24.7 Å². The van der Waals surface area contributed by atoms with Gasteiger partial charge in [-0.2, -0.15) is 0 Å². The molecule has 2 aliphatic heterocycles. The fourth-order valence-electron chi connectivity index (χ4n) is 4.68. The monoisotopic (exact) mass is 518 g/mol. The molecule has 0 aromatic heterocycles. The highest BCUT2D eigenvalue weighted by molar-refractivity contribution is 5.93. The Kier molecular flexibility index (Phi) is 10.1. The molecule has 2 heterocycles. The van der Waals surface area contributed by atoms with Crippen molar-refractivity contribution in [3.8, 4) is 0 Å². The number of carboxylic acid groups (broad SMARTS) is 1. The number of hydrogen-bond donors (Lipinski definition) is 3. The molecule has 0 bridgehead atoms. The lowest BCUT2D eigenvalue weighted by molar-refractivity contribution is -0.147. The van der Waals surface area contributed by atoms with E-state index in [4.69, 9.17) is 9.47 Å². The molecule has 12 heteroatoms. The van der Waals surface area contributed by atoms with E-state index in [1.807, 2.05) is 30.3 Å². The number of carbonyl (C=O) groups is 5. The minimum absolute atomic E-state index is 0.134. The van der Waals surface area contributed by atoms with Crippen LogP contribution < -0.4 is 10.6 Å². The molecule has 3 atom stereocenters. The predicted molar refractivity (Wildman–Crippen MR) is 130 cm³/mol. The molecular weight excluding hydrogens is 484 g/mol. The maximum atomic E-state index is 13.1. The minimum atomic E-state index is -1.15. The first kappa shape index (κ1) is 27.8. The number of hydrogen-bond acceptors (Lipinski definition) is 7. The van der Waals surface area contributed by atoms with Gasteiger partial charge in [0.05, 0.1) is 7.11 Å². The van der Waals surface area contributed by atoms with Crippen LogP contribution in [-0.4, -0.2) is 89.7 Å². The van der Waals surface area contributed by atoms with Crippen LogP contribution in [-0.2, 0) is 30.5 Å². The van der Waals surface area contributed by atoms with Crippen LogP contribution in [0.1, 0.15) is 44.1 Å². The third-order valence-electron chi connectivity index (χ3n) is 6.58. The maximum Gasteiger partial charge on any atom is 0.407 e. The fourth-order valence-corrected chi connectivity index (χ4v) is 4.68. The number of methoxy groups -OCH3 is 1. The Morgan fingerprint density at radius 1 is 1.03 bits per heavy atom. The zero-order valence-electron chi connectivity index (χ0n) is 20.9. The van der Waals surface area contributed by atoms with Gasteiger partial charge in [-0.3, -0.25) is 14.5 Å². The highest BCUT2D eigenvalue weighted by atomic mass is 16.5. The first-order valence-corrected chi connectivity index (χ1v) is 12.4. The summed E-state index contributed by atoms with van der Waals surface area (Å²) in [5, 5.41) is 14.6. The molecule has 12 nitrogen and oxygen atoms in total. The molecule has 3 rings (SSSR count). The second-order valence-corrected chi connectivity index (χ2v) is 9.04. The molecule has 2 aliphatic rings. The summed E-state index contributed by atoms with van der Waals surface area (Å²) in [6.07, 6.45) is 0.843. The van der Waals surface area contributed by atoms with Crippen LogP contribution in [0.2, 0.25) is 0 Å². The van der Waals surface area contributed by atoms with Crippen molar-refractivity contribution in [2.45, 2.75) is 63.3 Å². The highest BCUT2D eigenvalue weighted by Crippen LogP contribution is 2.25. The summed E-state index contributed by atoms with van der Waals surface area (Å²) in [6.45, 7) is 0.987. The van der Waals surface area contributed by atoms with Crippen LogP contribution in [0.15, 0.2) is 30.3 Å². The zero-order valence-corrected chi connectivity index (χ0v) is 20.9. The van der Waals surface area contributed by atoms with E-state index in [0.29, 0.717) is 38.6 Å². The number of ether oxygens (including phenoxy) is 2. The molecule has 0 unspecified atom stereocenters. The standard InChI is InChI=1S/C25H34N4O8/c1-36-23(32)18(10-5-13-26-24(33)37-16-17-8-3-2-4-9-17)27-21(30)19-11-6-14-28(19)22(31)20-12-7-15-29(20)25(34)35/h2-4,8-9,18-20H,5-7,10-16H2,1H3,(H,26,33)(H,27,30)(H,34,35)/t18-,19-,20-/m0/s1. The van der Waals surface area contributed by atoms with Gasteiger partial charge in [0, 0.05) is 19.6 Å². The van der Waals surface area contributed by atoms with Gasteiger partial charge in [-0.1, -0.05) is 30.3 Å². The van der Waals surface area contributed by atoms with Gasteiger partial charge in [-0.15, -0.1) is 0 Å². The summed E-state index contributed by atoms with van der Waals surface area (Å²) < 4.78 is 9.96. The fraction of sp³-hybridized carbons (Fsp3) is 0.560. The van der Waals surface area contributed by atoms with E-state index in [0.717, 1.165) is 10.5 Å². The highest BCUT2D eigenvalue weighted by Gasteiger charge is 2.42. The van der Waals surface area contributed by atoms with Gasteiger partial charge in [-0.05, 0) is 44.1 Å². The van der Waals surface area contributed by atoms with E-state index in [1.54, 1.807) is 0 Å². The molecule has 2 fully saturated rings. The second-order valence-electron chi connectivity index (χ2n) is 9.04. The van der Waals surface area contributed by atoms with Crippen LogP contribution in [0.25, 0.3) is 0 Å². The largest absolute Gasteiger partial charge is 0.467 e. The number of esters is 1. The third kappa shape index (κ3) is 7.58. The van der Waals surface area contributed by atoms with Crippen LogP contribution in [0.3, 0.4) is 0 Å². The minimum Gasteiger partial charge on any atom is -0.467 e. The molecule has 3 N–H and O–H groups in total. The lowest BCUT2D eigenvalue weighted by Crippen LogP contribution is -2.54. The predicted octanol–water partition coefficient (Wildman–Crippen LogP) is 1.48. The lowest BCUT2D eigenvalue weighted by Gasteiger charge is -2.30. The molecule has 0 saturated carbocycles. The average Bonchev–Trinajstić information content (AvgIpc) is 3.59. The van der Waals surface area contributed by atoms with Gasteiger partial charge in [0.2, 0.25) is 11.8 Å². The molecule has 0 aliphatic carbocycles. The number of likely N-dealkylation sites (tertiary alicyclic amines) is 2. The molecule has 4 amide bonds. The first-order chi connectivity index (χ1) is 17.8. The summed E-state index contributed by atoms with van der Waals surface area (Å²) in [4.78, 5) is 64.3. The van der Waals surface area contributed by atoms with Gasteiger partial charge in [0.25, 0.3) is 0 Å². The first-order valence-electron chi connectivity index (χ1n) is 12.4. The van der Waals surface area contributed by atoms with Crippen molar-refractivity contribution < 1.29 is 38.6 Å². The molecule has 37 heavy (non-hydrogen) atoms. The quantitative estimate of drug-likeness (QED) is 0.311. The molecule has 202 valence electrons. The third-order valence-corrected chi connectivity index (χ3v) is 6.58. The van der Waals surface area contributed by atoms with Crippen molar-refractivity contribution in [3.05, 3.63) is 35.9 Å². The molecule has 0 spiro atoms. The van der Waals surface area contributed by atoms with Crippen molar-refractivity contribution in [3.63, 3.8) is 0 Å². The van der Waals surface area contributed by atoms with Crippen molar-refractivity contribution in [1.82, 2.24) is 20.4 Å². The Labute approximate surface area is 215 Å². The van der Waals surface area contributed by atoms with E-state index < -0.39 is 42.2 Å². The van der Waals surface area contributed by atoms with E-state index in [9.17, 15) is 29.1 Å². The van der Waals surface area contributed by atoms with Gasteiger partial charge >= 0.3 is 18.2 Å². The number of carbonyl (C=O) groups excluding carboxylic acids is 4. The molecule has 1 aromatic carbocycles. The summed E-state index contributed by atoms with van der Waals surface area (Å²) in [6, 6.07) is 6.69. The Bertz CT molecular complexity index is 973. The van der Waals surface area contributed by atoms with Gasteiger partial charge in [-0.25, -0.2) is 14.4 Å². The Morgan fingerprint density at radius 3 is 2.38 bits per heavy atom. The number of benzene rings is 1. The zero-order chi connectivity index (χ0) is 26.8. The smallest absolute Gasteiger partial charge is 0.407 e. The van der Waals surface area contributed by atoms with Crippen LogP contribution in [0.4, 0.5) is 9.59 Å². The molecule has 0 radical (unpaired) electrons. The molecule has 2 saturated heterocycles. The topological polar surface area (TPSA) is 155 Å². The van der Waals surface area contributed by atoms with Gasteiger partial charge in [0.15, 0.2) is 0 Å². The van der Waals surface area contributed by atoms with Crippen LogP contribution in [0.5, 0.6) is 0 Å². The average molecular weight is 519 g/mol. The normalized spacial score (nSPS) is 19.7. The van der Waals surface area contributed by atoms with E-state index >= 15 is 0 Å². The van der Waals surface area contributed by atoms with E-state index in [2.05, 4.69) is 10.6 Å². The number of amides is 4. The summed E-state index contributed by atoms with van der Waals surface area (Å²) in [7, 11) is 1.21. The van der Waals surface area contributed by atoms with E-state index in [-0.39, 0.29) is 32.0 Å². The molecular formula is C25H34N4O8. The number of rotatable bonds is 10. The molecule has 1 aromatic rings.